The van der Waals surface area contributed by atoms with E-state index in [0.29, 0.717) is 23.8 Å². The Bertz CT molecular complexity index is 824. The SMILES string of the molecule is Nc1nc(N2CCC(Nc3cc(C4CC(N)C4)ncn3)CC2)cc(=O)[nH]1. The number of H-pyrrole nitrogens is 1. The number of hydrogen-bond donors (Lipinski definition) is 4. The van der Waals surface area contributed by atoms with Crippen LogP contribution in [0, 0.1) is 0 Å². The zero-order valence-electron chi connectivity index (χ0n) is 14.6. The molecule has 2 aromatic heterocycles. The van der Waals surface area contributed by atoms with E-state index in [1.807, 2.05) is 6.07 Å². The average molecular weight is 356 g/mol. The third kappa shape index (κ3) is 3.62. The summed E-state index contributed by atoms with van der Waals surface area (Å²) in [5.74, 6) is 2.11. The van der Waals surface area contributed by atoms with Gasteiger partial charge in [-0.2, -0.15) is 4.98 Å². The van der Waals surface area contributed by atoms with Crippen molar-refractivity contribution in [2.45, 2.75) is 43.7 Å². The molecule has 1 saturated carbocycles. The Balaban J connectivity index is 1.35. The summed E-state index contributed by atoms with van der Waals surface area (Å²) in [4.78, 5) is 29.1. The van der Waals surface area contributed by atoms with Crippen LogP contribution in [0.4, 0.5) is 17.6 Å². The normalized spacial score (nSPS) is 23.5. The van der Waals surface area contributed by atoms with E-state index < -0.39 is 0 Å². The Morgan fingerprint density at radius 3 is 2.65 bits per heavy atom. The monoisotopic (exact) mass is 356 g/mol. The minimum absolute atomic E-state index is 0.150. The molecular weight excluding hydrogens is 332 g/mol. The highest BCUT2D eigenvalue weighted by molar-refractivity contribution is 5.43. The molecule has 1 aliphatic heterocycles. The molecule has 2 aliphatic rings. The molecule has 0 radical (unpaired) electrons. The number of nitrogens with two attached hydrogens (primary N) is 2. The van der Waals surface area contributed by atoms with E-state index in [4.69, 9.17) is 11.5 Å². The van der Waals surface area contributed by atoms with Crippen LogP contribution in [0.2, 0.25) is 0 Å². The highest BCUT2D eigenvalue weighted by Crippen LogP contribution is 2.35. The van der Waals surface area contributed by atoms with Crippen LogP contribution in [0.25, 0.3) is 0 Å². The number of aromatic amines is 1. The van der Waals surface area contributed by atoms with E-state index >= 15 is 0 Å². The smallest absolute Gasteiger partial charge is 0.254 e. The van der Waals surface area contributed by atoms with Crippen molar-refractivity contribution in [3.63, 3.8) is 0 Å². The van der Waals surface area contributed by atoms with E-state index in [2.05, 4.69) is 30.2 Å². The predicted molar refractivity (Wildman–Crippen MR) is 100 cm³/mol. The molecule has 3 heterocycles. The number of nitrogen functional groups attached to an aromatic ring is 1. The fourth-order valence-corrected chi connectivity index (χ4v) is 3.67. The number of nitrogens with one attached hydrogen (secondary N) is 2. The fraction of sp³-hybridized carbons (Fsp3) is 0.529. The number of hydrogen-bond acceptors (Lipinski definition) is 8. The minimum atomic E-state index is -0.225. The van der Waals surface area contributed by atoms with Crippen LogP contribution >= 0.6 is 0 Å². The van der Waals surface area contributed by atoms with Crippen LogP contribution in [-0.2, 0) is 0 Å². The molecule has 6 N–H and O–H groups in total. The average Bonchev–Trinajstić information content (AvgIpc) is 2.59. The summed E-state index contributed by atoms with van der Waals surface area (Å²) in [5.41, 5.74) is 12.4. The van der Waals surface area contributed by atoms with E-state index in [-0.39, 0.29) is 11.5 Å². The predicted octanol–water partition coefficient (Wildman–Crippen LogP) is 0.428. The van der Waals surface area contributed by atoms with Crippen molar-refractivity contribution in [1.29, 1.82) is 0 Å². The Labute approximate surface area is 151 Å². The van der Waals surface area contributed by atoms with Gasteiger partial charge in [0.2, 0.25) is 5.95 Å². The highest BCUT2D eigenvalue weighted by Gasteiger charge is 2.29. The lowest BCUT2D eigenvalue weighted by Crippen LogP contribution is -2.40. The zero-order valence-corrected chi connectivity index (χ0v) is 14.6. The Hall–Kier alpha value is -2.68. The number of aromatic nitrogens is 4. The second-order valence-corrected chi connectivity index (χ2v) is 7.15. The lowest BCUT2D eigenvalue weighted by molar-refractivity contribution is 0.345. The van der Waals surface area contributed by atoms with Crippen LogP contribution in [0.5, 0.6) is 0 Å². The van der Waals surface area contributed by atoms with Gasteiger partial charge in [-0.05, 0) is 25.7 Å². The van der Waals surface area contributed by atoms with Crippen molar-refractivity contribution >= 4 is 17.6 Å². The van der Waals surface area contributed by atoms with Crippen LogP contribution in [0.3, 0.4) is 0 Å². The van der Waals surface area contributed by atoms with Gasteiger partial charge in [-0.15, -0.1) is 0 Å². The van der Waals surface area contributed by atoms with Crippen LogP contribution in [-0.4, -0.2) is 45.1 Å². The maximum absolute atomic E-state index is 11.6. The van der Waals surface area contributed by atoms with Crippen LogP contribution in [0.15, 0.2) is 23.3 Å². The van der Waals surface area contributed by atoms with Gasteiger partial charge >= 0.3 is 0 Å². The number of rotatable bonds is 4. The summed E-state index contributed by atoms with van der Waals surface area (Å²) in [7, 11) is 0. The summed E-state index contributed by atoms with van der Waals surface area (Å²) in [6.45, 7) is 1.62. The quantitative estimate of drug-likeness (QED) is 0.618. The first kappa shape index (κ1) is 16.8. The van der Waals surface area contributed by atoms with Crippen molar-refractivity contribution in [3.8, 4) is 0 Å². The molecule has 26 heavy (non-hydrogen) atoms. The Morgan fingerprint density at radius 2 is 1.96 bits per heavy atom. The van der Waals surface area contributed by atoms with Gasteiger partial charge in [-0.25, -0.2) is 9.97 Å². The molecule has 0 spiro atoms. The largest absolute Gasteiger partial charge is 0.369 e. The lowest BCUT2D eigenvalue weighted by Gasteiger charge is -2.34. The first-order chi connectivity index (χ1) is 12.6. The third-order valence-electron chi connectivity index (χ3n) is 5.20. The Morgan fingerprint density at radius 1 is 1.19 bits per heavy atom. The standard InChI is InChI=1S/C17H24N8O/c18-11-5-10(6-11)13-7-14(21-9-20-13)22-12-1-3-25(4-2-12)15-8-16(26)24-17(19)23-15/h7-12H,1-6,18H2,(H,20,21,22)(H3,19,23,24,26). The summed E-state index contributed by atoms with van der Waals surface area (Å²) < 4.78 is 0. The molecule has 0 atom stereocenters. The molecule has 2 aromatic rings. The van der Waals surface area contributed by atoms with Crippen molar-refractivity contribution in [2.75, 3.05) is 29.0 Å². The first-order valence-electron chi connectivity index (χ1n) is 9.02. The fourth-order valence-electron chi connectivity index (χ4n) is 3.67. The number of anilines is 3. The lowest BCUT2D eigenvalue weighted by atomic mass is 9.78. The molecule has 138 valence electrons. The van der Waals surface area contributed by atoms with Crippen LogP contribution in [0.1, 0.15) is 37.3 Å². The van der Waals surface area contributed by atoms with Gasteiger partial charge in [0.15, 0.2) is 0 Å². The van der Waals surface area contributed by atoms with Gasteiger partial charge in [-0.3, -0.25) is 9.78 Å². The van der Waals surface area contributed by atoms with E-state index in [0.717, 1.165) is 50.3 Å². The molecular formula is C17H24N8O. The van der Waals surface area contributed by atoms with E-state index in [9.17, 15) is 4.79 Å². The van der Waals surface area contributed by atoms with E-state index in [1.165, 1.54) is 6.07 Å². The number of piperidine rings is 1. The zero-order chi connectivity index (χ0) is 18.1. The molecule has 9 nitrogen and oxygen atoms in total. The maximum atomic E-state index is 11.6. The first-order valence-corrected chi connectivity index (χ1v) is 9.02. The Kier molecular flexibility index (Phi) is 4.46. The maximum Gasteiger partial charge on any atom is 0.254 e. The van der Waals surface area contributed by atoms with Gasteiger partial charge < -0.3 is 21.7 Å². The van der Waals surface area contributed by atoms with E-state index in [1.54, 1.807) is 6.33 Å². The molecule has 1 saturated heterocycles. The van der Waals surface area contributed by atoms with Gasteiger partial charge in [0.1, 0.15) is 18.0 Å². The van der Waals surface area contributed by atoms with Gasteiger partial charge in [0.25, 0.3) is 5.56 Å². The molecule has 1 aliphatic carbocycles. The molecule has 0 unspecified atom stereocenters. The summed E-state index contributed by atoms with van der Waals surface area (Å²) in [6.07, 6.45) is 5.49. The van der Waals surface area contributed by atoms with Crippen molar-refractivity contribution in [1.82, 2.24) is 19.9 Å². The second-order valence-electron chi connectivity index (χ2n) is 7.15. The third-order valence-corrected chi connectivity index (χ3v) is 5.20. The highest BCUT2D eigenvalue weighted by atomic mass is 16.1. The summed E-state index contributed by atoms with van der Waals surface area (Å²) >= 11 is 0. The minimum Gasteiger partial charge on any atom is -0.369 e. The molecule has 2 fully saturated rings. The molecule has 9 heteroatoms. The van der Waals surface area contributed by atoms with Crippen molar-refractivity contribution in [2.24, 2.45) is 5.73 Å². The topological polar surface area (TPSA) is 139 Å². The van der Waals surface area contributed by atoms with Crippen molar-refractivity contribution in [3.05, 3.63) is 34.5 Å². The summed E-state index contributed by atoms with van der Waals surface area (Å²) in [6, 6.07) is 4.17. The van der Waals surface area contributed by atoms with Gasteiger partial charge in [0, 0.05) is 48.9 Å². The summed E-state index contributed by atoms with van der Waals surface area (Å²) in [5, 5.41) is 3.51. The van der Waals surface area contributed by atoms with Gasteiger partial charge in [0.05, 0.1) is 0 Å². The molecule has 0 amide bonds. The molecule has 4 rings (SSSR count). The number of nitrogens with zero attached hydrogens (tertiary/aromatic N) is 4. The van der Waals surface area contributed by atoms with Crippen LogP contribution < -0.4 is 27.2 Å². The molecule has 0 bridgehead atoms. The van der Waals surface area contributed by atoms with Gasteiger partial charge in [-0.1, -0.05) is 0 Å². The second kappa shape index (κ2) is 6.91. The van der Waals surface area contributed by atoms with Crippen molar-refractivity contribution < 1.29 is 0 Å². The molecule has 0 aromatic carbocycles.